The average Bonchev–Trinajstić information content (AvgIpc) is 2.44. The van der Waals surface area contributed by atoms with Gasteiger partial charge in [0.2, 0.25) is 0 Å². The number of carbonyl (C=O) groups excluding carboxylic acids is 2. The van der Waals surface area contributed by atoms with E-state index in [1.54, 1.807) is 0 Å². The number of amides is 1. The summed E-state index contributed by atoms with van der Waals surface area (Å²) in [6, 6.07) is 5.71. The van der Waals surface area contributed by atoms with E-state index in [0.717, 1.165) is 30.4 Å². The van der Waals surface area contributed by atoms with Gasteiger partial charge < -0.3 is 15.2 Å². The van der Waals surface area contributed by atoms with Crippen LogP contribution < -0.4 is 5.32 Å². The number of aliphatic hydroxyl groups is 1. The largest absolute Gasteiger partial charge is 0.453 e. The summed E-state index contributed by atoms with van der Waals surface area (Å²) in [6.45, 7) is 3.51. The number of benzene rings is 1. The Morgan fingerprint density at radius 1 is 1.14 bits per heavy atom. The minimum atomic E-state index is -1.42. The highest BCUT2D eigenvalue weighted by Gasteiger charge is 2.38. The maximum atomic E-state index is 11.9. The van der Waals surface area contributed by atoms with Crippen molar-refractivity contribution in [2.45, 2.75) is 51.6 Å². The Morgan fingerprint density at radius 2 is 1.73 bits per heavy atom. The van der Waals surface area contributed by atoms with Gasteiger partial charge in [0.1, 0.15) is 0 Å². The number of anilines is 1. The molecule has 2 rings (SSSR count). The number of hydrogen-bond acceptors (Lipinski definition) is 4. The highest BCUT2D eigenvalue weighted by Crippen LogP contribution is 2.29. The summed E-state index contributed by atoms with van der Waals surface area (Å²) >= 11 is 0. The van der Waals surface area contributed by atoms with Crippen molar-refractivity contribution in [3.63, 3.8) is 0 Å². The van der Waals surface area contributed by atoms with Crippen molar-refractivity contribution in [1.82, 2.24) is 0 Å². The minimum absolute atomic E-state index is 0.381. The molecule has 0 aromatic heterocycles. The molecule has 1 aromatic rings. The second kappa shape index (κ2) is 6.92. The quantitative estimate of drug-likeness (QED) is 0.838. The first-order chi connectivity index (χ1) is 10.4. The molecule has 5 nitrogen and oxygen atoms in total. The summed E-state index contributed by atoms with van der Waals surface area (Å²) in [6.07, 6.45) is 3.44. The zero-order valence-electron chi connectivity index (χ0n) is 13.1. The van der Waals surface area contributed by atoms with E-state index in [2.05, 4.69) is 5.32 Å². The van der Waals surface area contributed by atoms with Crippen LogP contribution in [0.1, 0.15) is 43.2 Å². The van der Waals surface area contributed by atoms with E-state index in [-0.39, 0.29) is 6.61 Å². The lowest BCUT2D eigenvalue weighted by molar-refractivity contribution is -0.170. The van der Waals surface area contributed by atoms with Crippen molar-refractivity contribution in [2.75, 3.05) is 11.9 Å². The van der Waals surface area contributed by atoms with Crippen LogP contribution in [0.25, 0.3) is 0 Å². The van der Waals surface area contributed by atoms with Crippen molar-refractivity contribution in [2.24, 2.45) is 0 Å². The van der Waals surface area contributed by atoms with Crippen molar-refractivity contribution in [1.29, 1.82) is 0 Å². The third kappa shape index (κ3) is 4.31. The van der Waals surface area contributed by atoms with Gasteiger partial charge in [-0.15, -0.1) is 0 Å². The van der Waals surface area contributed by atoms with E-state index in [4.69, 9.17) is 4.74 Å². The molecule has 1 aromatic carbocycles. The Hall–Kier alpha value is -1.88. The van der Waals surface area contributed by atoms with Crippen molar-refractivity contribution in [3.8, 4) is 0 Å². The van der Waals surface area contributed by atoms with Gasteiger partial charge in [0.25, 0.3) is 5.91 Å². The fraction of sp³-hybridized carbons (Fsp3) is 0.529. The standard InChI is InChI=1S/C17H23NO4/c1-12-8-13(2)10-14(9-12)18-15(19)11-22-16(20)17(21)6-4-3-5-7-17/h8-10,21H,3-7,11H2,1-2H3,(H,18,19). The third-order valence-corrected chi connectivity index (χ3v) is 3.90. The molecule has 1 aliphatic carbocycles. The molecule has 2 N–H and O–H groups in total. The molecular formula is C17H23NO4. The Labute approximate surface area is 130 Å². The van der Waals surface area contributed by atoms with Crippen LogP contribution in [-0.4, -0.2) is 29.2 Å². The molecule has 0 bridgehead atoms. The molecule has 0 atom stereocenters. The van der Waals surface area contributed by atoms with Gasteiger partial charge in [-0.25, -0.2) is 4.79 Å². The summed E-state index contributed by atoms with van der Waals surface area (Å²) in [7, 11) is 0. The van der Waals surface area contributed by atoms with Crippen LogP contribution in [0.15, 0.2) is 18.2 Å². The first-order valence-electron chi connectivity index (χ1n) is 7.67. The number of esters is 1. The first-order valence-corrected chi connectivity index (χ1v) is 7.67. The molecule has 0 heterocycles. The zero-order chi connectivity index (χ0) is 16.2. The van der Waals surface area contributed by atoms with Crippen LogP contribution in [0, 0.1) is 13.8 Å². The number of nitrogens with one attached hydrogen (secondary N) is 1. The normalized spacial score (nSPS) is 16.9. The van der Waals surface area contributed by atoms with Gasteiger partial charge in [0, 0.05) is 5.69 Å². The topological polar surface area (TPSA) is 75.6 Å². The van der Waals surface area contributed by atoms with Gasteiger partial charge in [-0.3, -0.25) is 4.79 Å². The molecule has 0 spiro atoms. The smallest absolute Gasteiger partial charge is 0.338 e. The molecule has 1 fully saturated rings. The van der Waals surface area contributed by atoms with Crippen LogP contribution in [0.3, 0.4) is 0 Å². The number of carbonyl (C=O) groups is 2. The van der Waals surface area contributed by atoms with Crippen molar-refractivity contribution in [3.05, 3.63) is 29.3 Å². The lowest BCUT2D eigenvalue weighted by atomic mass is 9.85. The summed E-state index contributed by atoms with van der Waals surface area (Å²) in [4.78, 5) is 23.8. The monoisotopic (exact) mass is 305 g/mol. The van der Waals surface area contributed by atoms with E-state index < -0.39 is 17.5 Å². The predicted molar refractivity (Wildman–Crippen MR) is 83.5 cm³/mol. The maximum Gasteiger partial charge on any atom is 0.338 e. The molecule has 1 saturated carbocycles. The average molecular weight is 305 g/mol. The Kier molecular flexibility index (Phi) is 5.19. The molecular weight excluding hydrogens is 282 g/mol. The van der Waals surface area contributed by atoms with Crippen LogP contribution in [0.4, 0.5) is 5.69 Å². The zero-order valence-corrected chi connectivity index (χ0v) is 13.1. The maximum absolute atomic E-state index is 11.9. The van der Waals surface area contributed by atoms with Gasteiger partial charge in [-0.1, -0.05) is 12.5 Å². The van der Waals surface area contributed by atoms with Gasteiger partial charge in [0.15, 0.2) is 12.2 Å². The lowest BCUT2D eigenvalue weighted by Gasteiger charge is -2.29. The number of ether oxygens (including phenoxy) is 1. The molecule has 120 valence electrons. The van der Waals surface area contributed by atoms with Gasteiger partial charge >= 0.3 is 5.97 Å². The molecule has 0 aliphatic heterocycles. The van der Waals surface area contributed by atoms with E-state index >= 15 is 0 Å². The summed E-state index contributed by atoms with van der Waals surface area (Å²) in [5.41, 5.74) is 1.35. The lowest BCUT2D eigenvalue weighted by Crippen LogP contribution is -2.42. The molecule has 22 heavy (non-hydrogen) atoms. The van der Waals surface area contributed by atoms with Crippen LogP contribution in [0.5, 0.6) is 0 Å². The second-order valence-electron chi connectivity index (χ2n) is 6.09. The highest BCUT2D eigenvalue weighted by atomic mass is 16.6. The van der Waals surface area contributed by atoms with Crippen molar-refractivity contribution >= 4 is 17.6 Å². The van der Waals surface area contributed by atoms with E-state index in [9.17, 15) is 14.7 Å². The Balaban J connectivity index is 1.85. The third-order valence-electron chi connectivity index (χ3n) is 3.90. The fourth-order valence-corrected chi connectivity index (χ4v) is 2.85. The molecule has 0 unspecified atom stereocenters. The number of aryl methyl sites for hydroxylation is 2. The molecule has 1 amide bonds. The molecule has 0 radical (unpaired) electrons. The fourth-order valence-electron chi connectivity index (χ4n) is 2.85. The predicted octanol–water partition coefficient (Wildman–Crippen LogP) is 2.48. The molecule has 5 heteroatoms. The highest BCUT2D eigenvalue weighted by molar-refractivity contribution is 5.93. The minimum Gasteiger partial charge on any atom is -0.453 e. The molecule has 0 saturated heterocycles. The van der Waals surface area contributed by atoms with Gasteiger partial charge in [-0.05, 0) is 62.8 Å². The first kappa shape index (κ1) is 16.5. The van der Waals surface area contributed by atoms with E-state index in [0.29, 0.717) is 18.5 Å². The van der Waals surface area contributed by atoms with Gasteiger partial charge in [-0.2, -0.15) is 0 Å². The summed E-state index contributed by atoms with van der Waals surface area (Å²) in [5, 5.41) is 12.9. The van der Waals surface area contributed by atoms with Gasteiger partial charge in [0.05, 0.1) is 0 Å². The van der Waals surface area contributed by atoms with Crippen LogP contribution >= 0.6 is 0 Å². The summed E-state index contributed by atoms with van der Waals surface area (Å²) in [5.74, 6) is -1.10. The van der Waals surface area contributed by atoms with Crippen LogP contribution in [-0.2, 0) is 14.3 Å². The van der Waals surface area contributed by atoms with Crippen LogP contribution in [0.2, 0.25) is 0 Å². The van der Waals surface area contributed by atoms with E-state index in [1.807, 2.05) is 32.0 Å². The van der Waals surface area contributed by atoms with Crippen molar-refractivity contribution < 1.29 is 19.4 Å². The number of hydrogen-bond donors (Lipinski definition) is 2. The summed E-state index contributed by atoms with van der Waals surface area (Å²) < 4.78 is 4.98. The Morgan fingerprint density at radius 3 is 2.32 bits per heavy atom. The Bertz CT molecular complexity index is 542. The SMILES string of the molecule is Cc1cc(C)cc(NC(=O)COC(=O)C2(O)CCCCC2)c1. The second-order valence-corrected chi connectivity index (χ2v) is 6.09. The van der Waals surface area contributed by atoms with E-state index in [1.165, 1.54) is 0 Å². The number of rotatable bonds is 4. The molecule has 1 aliphatic rings.